The number of hydrogen-bond donors (Lipinski definition) is 5. The van der Waals surface area contributed by atoms with Gasteiger partial charge in [0.15, 0.2) is 11.4 Å². The molecule has 6 rings (SSSR count). The van der Waals surface area contributed by atoms with Crippen LogP contribution in [0.2, 0.25) is 0 Å². The number of phenols is 1. The second-order valence-corrected chi connectivity index (χ2v) is 14.8. The van der Waals surface area contributed by atoms with Crippen LogP contribution < -0.4 is 10.6 Å². The van der Waals surface area contributed by atoms with Crippen LogP contribution in [0.3, 0.4) is 0 Å². The number of aliphatic hydroxyl groups is 3. The molecule has 0 fully saturated rings. The monoisotopic (exact) mass is 713 g/mol. The molecule has 0 aliphatic heterocycles. The molecule has 13 heteroatoms. The number of nitrogens with zero attached hydrogens (tertiary/aromatic N) is 4. The van der Waals surface area contributed by atoms with Crippen molar-refractivity contribution in [2.45, 2.75) is 37.6 Å². The van der Waals surface area contributed by atoms with Crippen molar-refractivity contribution in [3.63, 3.8) is 0 Å². The molecule has 1 amide bonds. The number of allylic oxidation sites excluding steroid dienone is 1. The fourth-order valence-electron chi connectivity index (χ4n) is 8.11. The zero-order valence-electron chi connectivity index (χ0n) is 30.4. The molecular weight excluding hydrogens is 666 g/mol. The first kappa shape index (κ1) is 36.8. The third-order valence-electron chi connectivity index (χ3n) is 10.6. The van der Waals surface area contributed by atoms with E-state index in [9.17, 15) is 34.8 Å². The molecule has 2 aromatic carbocycles. The Bertz CT molecular complexity index is 1980. The number of ketones is 2. The summed E-state index contributed by atoms with van der Waals surface area (Å²) in [4.78, 5) is 48.2. The van der Waals surface area contributed by atoms with Crippen LogP contribution in [-0.2, 0) is 29.1 Å². The van der Waals surface area contributed by atoms with Crippen molar-refractivity contribution < 1.29 is 39.2 Å². The van der Waals surface area contributed by atoms with Gasteiger partial charge in [0.2, 0.25) is 5.78 Å². The van der Waals surface area contributed by atoms with Crippen LogP contribution in [0, 0.1) is 11.8 Å². The topological polar surface area (TPSA) is 184 Å². The summed E-state index contributed by atoms with van der Waals surface area (Å²) in [5, 5.41) is 46.6. The zero-order valence-corrected chi connectivity index (χ0v) is 30.4. The number of nitrogens with two attached hydrogens (primary N) is 1. The van der Waals surface area contributed by atoms with E-state index in [1.54, 1.807) is 26.2 Å². The highest BCUT2D eigenvalue weighted by molar-refractivity contribution is 6.25. The number of aliphatic hydroxyl groups excluding tert-OH is 2. The molecule has 0 saturated heterocycles. The third kappa shape index (κ3) is 6.17. The van der Waals surface area contributed by atoms with Gasteiger partial charge in [-0.15, -0.1) is 0 Å². The maximum atomic E-state index is 14.5. The maximum Gasteiger partial charge on any atom is 0.255 e. The Hall–Kier alpha value is -4.95. The summed E-state index contributed by atoms with van der Waals surface area (Å²) in [6, 6.07) is 14.4. The summed E-state index contributed by atoms with van der Waals surface area (Å²) in [6.45, 7) is 2.82. The minimum atomic E-state index is -2.71. The predicted molar refractivity (Wildman–Crippen MR) is 195 cm³/mol. The van der Waals surface area contributed by atoms with E-state index < -0.39 is 58.0 Å². The zero-order chi connectivity index (χ0) is 37.8. The quantitative estimate of drug-likeness (QED) is 0.183. The van der Waals surface area contributed by atoms with Gasteiger partial charge in [0, 0.05) is 50.9 Å². The lowest BCUT2D eigenvalue weighted by Crippen LogP contribution is -2.63. The predicted octanol–water partition coefficient (Wildman–Crippen LogP) is 3.01. The van der Waals surface area contributed by atoms with Gasteiger partial charge in [0.05, 0.1) is 23.7 Å². The molecule has 0 spiro atoms. The lowest BCUT2D eigenvalue weighted by molar-refractivity contribution is -0.148. The minimum Gasteiger partial charge on any atom is -0.510 e. The summed E-state index contributed by atoms with van der Waals surface area (Å²) in [6.07, 6.45) is 0.190. The number of amides is 1. The van der Waals surface area contributed by atoms with Crippen LogP contribution in [0.25, 0.3) is 11.3 Å². The van der Waals surface area contributed by atoms with Crippen LogP contribution in [0.5, 0.6) is 5.75 Å². The van der Waals surface area contributed by atoms with Crippen LogP contribution in [0.4, 0.5) is 5.69 Å². The highest BCUT2D eigenvalue weighted by Crippen LogP contribution is 2.54. The van der Waals surface area contributed by atoms with Gasteiger partial charge in [-0.2, -0.15) is 0 Å². The molecule has 13 nitrogen and oxygen atoms in total. The van der Waals surface area contributed by atoms with Gasteiger partial charge in [-0.05, 0) is 76.3 Å². The number of fused-ring (bicyclic) bond motifs is 3. The number of Topliss-reactive ketones (excluding diaryl/α,β-unsaturated/α-hetero) is 2. The normalized spacial score (nSPS) is 23.0. The summed E-state index contributed by atoms with van der Waals surface area (Å²) in [5.74, 6) is -5.94. The van der Waals surface area contributed by atoms with Gasteiger partial charge in [-0.3, -0.25) is 24.2 Å². The maximum absolute atomic E-state index is 14.5. The molecule has 0 radical (unpaired) electrons. The molecule has 0 bridgehead atoms. The standard InChI is InChI=1S/C39H47N5O8/c1-41(2)14-15-44(19-21-10-8-7-9-11-21)20-23-12-13-28(52-23)25-18-27(42(3)4)24-16-22-17-26-32(43(5)6)35(47)31(38(40)50)37(49)39(26,51)36(48)29(22)34(46)30(24)33(25)45/h7-13,18,22,26,32,45,47-48,51H,14-17,19-20H2,1-6H3,(H2,40,50)/t22-,26-,32-,39+/m0/s1. The average Bonchev–Trinajstić information content (AvgIpc) is 3.53. The second kappa shape index (κ2) is 13.9. The summed E-state index contributed by atoms with van der Waals surface area (Å²) < 4.78 is 6.33. The first-order valence-electron chi connectivity index (χ1n) is 17.3. The van der Waals surface area contributed by atoms with E-state index in [0.717, 1.165) is 18.7 Å². The number of carbonyl (C=O) groups is 3. The summed E-state index contributed by atoms with van der Waals surface area (Å²) in [7, 11) is 10.9. The van der Waals surface area contributed by atoms with Gasteiger partial charge in [-0.25, -0.2) is 0 Å². The van der Waals surface area contributed by atoms with E-state index >= 15 is 0 Å². The van der Waals surface area contributed by atoms with E-state index in [-0.39, 0.29) is 35.3 Å². The van der Waals surface area contributed by atoms with Gasteiger partial charge in [0.1, 0.15) is 34.4 Å². The first-order valence-corrected chi connectivity index (χ1v) is 17.3. The van der Waals surface area contributed by atoms with Crippen LogP contribution >= 0.6 is 0 Å². The molecule has 6 N–H and O–H groups in total. The molecule has 0 unspecified atom stereocenters. The lowest BCUT2D eigenvalue weighted by atomic mass is 9.58. The number of rotatable bonds is 11. The molecule has 0 saturated carbocycles. The van der Waals surface area contributed by atoms with Gasteiger partial charge in [0.25, 0.3) is 5.91 Å². The number of primary amides is 1. The summed E-state index contributed by atoms with van der Waals surface area (Å²) >= 11 is 0. The number of anilines is 1. The number of carbonyl (C=O) groups excluding carboxylic acids is 3. The van der Waals surface area contributed by atoms with Crippen molar-refractivity contribution in [2.24, 2.45) is 17.6 Å². The Morgan fingerprint density at radius 1 is 0.962 bits per heavy atom. The van der Waals surface area contributed by atoms with Crippen molar-refractivity contribution in [3.8, 4) is 17.1 Å². The van der Waals surface area contributed by atoms with Crippen molar-refractivity contribution >= 4 is 23.2 Å². The Morgan fingerprint density at radius 2 is 1.65 bits per heavy atom. The molecule has 52 heavy (non-hydrogen) atoms. The fourth-order valence-corrected chi connectivity index (χ4v) is 8.11. The number of benzene rings is 2. The van der Waals surface area contributed by atoms with Crippen molar-refractivity contribution in [3.05, 3.63) is 93.6 Å². The van der Waals surface area contributed by atoms with Crippen LogP contribution in [0.1, 0.15) is 33.7 Å². The van der Waals surface area contributed by atoms with E-state index in [1.807, 2.05) is 57.4 Å². The van der Waals surface area contributed by atoms with Gasteiger partial charge >= 0.3 is 0 Å². The third-order valence-corrected chi connectivity index (χ3v) is 10.6. The van der Waals surface area contributed by atoms with Crippen LogP contribution in [-0.4, -0.2) is 120 Å². The molecule has 3 aromatic rings. The molecule has 3 aliphatic rings. The second-order valence-electron chi connectivity index (χ2n) is 14.8. The highest BCUT2D eigenvalue weighted by Gasteiger charge is 2.63. The fraction of sp³-hybridized carbons (Fsp3) is 0.410. The van der Waals surface area contributed by atoms with E-state index in [4.69, 9.17) is 10.2 Å². The van der Waals surface area contributed by atoms with Crippen LogP contribution in [0.15, 0.2) is 75.6 Å². The number of phenolic OH excluding ortho intramolecular Hbond substituents is 1. The largest absolute Gasteiger partial charge is 0.510 e. The number of hydrogen-bond acceptors (Lipinski definition) is 12. The molecule has 1 heterocycles. The first-order chi connectivity index (χ1) is 24.6. The Balaban J connectivity index is 1.41. The smallest absolute Gasteiger partial charge is 0.255 e. The minimum absolute atomic E-state index is 0.00991. The highest BCUT2D eigenvalue weighted by atomic mass is 16.4. The molecule has 4 atom stereocenters. The summed E-state index contributed by atoms with van der Waals surface area (Å²) in [5.41, 5.74) is 4.23. The van der Waals surface area contributed by atoms with Crippen molar-refractivity contribution in [1.29, 1.82) is 0 Å². The number of likely N-dealkylation sites (N-methyl/N-ethyl adjacent to an activating group) is 2. The molecule has 3 aliphatic carbocycles. The molecule has 1 aromatic heterocycles. The van der Waals surface area contributed by atoms with Gasteiger partial charge in [-0.1, -0.05) is 30.3 Å². The Kier molecular flexibility index (Phi) is 9.83. The van der Waals surface area contributed by atoms with Crippen molar-refractivity contribution in [2.75, 3.05) is 60.3 Å². The van der Waals surface area contributed by atoms with E-state index in [2.05, 4.69) is 21.9 Å². The molecule has 276 valence electrons. The number of furan rings is 1. The Labute approximate surface area is 302 Å². The van der Waals surface area contributed by atoms with E-state index in [0.29, 0.717) is 35.9 Å². The lowest BCUT2D eigenvalue weighted by Gasteiger charge is -2.50. The van der Waals surface area contributed by atoms with Gasteiger partial charge < -0.3 is 40.4 Å². The Morgan fingerprint density at radius 3 is 2.27 bits per heavy atom. The number of aromatic hydroxyl groups is 1. The van der Waals surface area contributed by atoms with Crippen molar-refractivity contribution in [1.82, 2.24) is 14.7 Å². The SMILES string of the molecule is CN(C)CCN(Cc1ccccc1)Cc1ccc(-c2cc(N(C)C)c3c(c2O)C(=O)C2=C(O)[C@@]4(O)C(=O)C(C(N)=O)=C(O)[C@@H](N(C)C)[C@@H]4C[C@@H]2C3)o1. The van der Waals surface area contributed by atoms with E-state index in [1.165, 1.54) is 4.90 Å². The molecular formula is C39H47N5O8. The average molecular weight is 714 g/mol.